The van der Waals surface area contributed by atoms with Gasteiger partial charge < -0.3 is 18.3 Å². The monoisotopic (exact) mass is 1480 g/mol. The molecule has 0 radical (unpaired) electrons. The Hall–Kier alpha value is -15.8. The Labute approximate surface area is 665 Å². The van der Waals surface area contributed by atoms with Crippen LogP contribution in [0.3, 0.4) is 0 Å². The summed E-state index contributed by atoms with van der Waals surface area (Å²) < 4.78 is 9.49. The van der Waals surface area contributed by atoms with E-state index in [0.29, 0.717) is 34.9 Å². The highest BCUT2D eigenvalue weighted by Crippen LogP contribution is 2.43. The van der Waals surface area contributed by atoms with E-state index in [2.05, 4.69) is 370 Å². The fourth-order valence-electron chi connectivity index (χ4n) is 17.8. The van der Waals surface area contributed by atoms with Crippen molar-refractivity contribution in [3.63, 3.8) is 0 Å². The Morgan fingerprint density at radius 1 is 0.129 bits per heavy atom. The summed E-state index contributed by atoms with van der Waals surface area (Å²) in [6, 6.07) is 142. The second-order valence-corrected chi connectivity index (χ2v) is 29.7. The zero-order valence-corrected chi connectivity index (χ0v) is 62.6. The smallest absolute Gasteiger partial charge is 0.164 e. The van der Waals surface area contributed by atoms with Gasteiger partial charge in [-0.15, -0.1) is 0 Å². The van der Waals surface area contributed by atoms with Crippen LogP contribution in [0.2, 0.25) is 0 Å². The molecule has 0 N–H and O–H groups in total. The zero-order chi connectivity index (χ0) is 76.3. The highest BCUT2D eigenvalue weighted by molar-refractivity contribution is 6.26. The van der Waals surface area contributed by atoms with Crippen LogP contribution in [0.15, 0.2) is 400 Å². The second kappa shape index (κ2) is 27.0. The molecule has 0 fully saturated rings. The van der Waals surface area contributed by atoms with Gasteiger partial charge in [-0.2, -0.15) is 0 Å². The van der Waals surface area contributed by atoms with E-state index in [1.807, 2.05) is 48.5 Å². The van der Waals surface area contributed by atoms with Crippen LogP contribution in [0.1, 0.15) is 0 Å². The standard InChI is InChI=1S/C57H35N5.C49H31N5/c1-2-14-36(15-3-1)55-58-56(60-57(59-55)38-28-32-45-43-18-5-4-16-41(43)42-17-6-7-19-44(42)49(45)34-38)37-26-29-39(30-27-37)61-53-25-13-10-22-48(53)50-35-40(31-33-54(50)61)62-51-23-11-8-20-46(51)47-21-9-12-24-52(47)62;1-2-13-33(14-3-1)47-50-48(52-49(51-47)36-23-22-32-12-4-5-15-35(32)30-36)34-24-26-37(27-25-34)53-45-21-11-8-18-41(45)42-31-38(28-29-46(42)53)54-43-19-9-6-16-39(43)40-17-7-10-20-44(40)54/h1-35H;1-31H. The number of fused-ring (bicyclic) bond motifs is 19. The molecule has 18 aromatic carbocycles. The van der Waals surface area contributed by atoms with Crippen molar-refractivity contribution < 1.29 is 0 Å². The third kappa shape index (κ3) is 10.9. The molecule has 0 saturated carbocycles. The maximum absolute atomic E-state index is 5.19. The first-order valence-electron chi connectivity index (χ1n) is 39.2. The Morgan fingerprint density at radius 3 is 0.750 bits per heavy atom. The van der Waals surface area contributed by atoms with Crippen LogP contribution in [-0.4, -0.2) is 48.2 Å². The van der Waals surface area contributed by atoms with Crippen LogP contribution in [0.4, 0.5) is 0 Å². The van der Waals surface area contributed by atoms with Gasteiger partial charge >= 0.3 is 0 Å². The van der Waals surface area contributed by atoms with Crippen LogP contribution in [-0.2, 0) is 0 Å². The van der Waals surface area contributed by atoms with Gasteiger partial charge in [0, 0.05) is 99.2 Å². The summed E-state index contributed by atoms with van der Waals surface area (Å²) in [5, 5.41) is 19.5. The Balaban J connectivity index is 0.000000138. The van der Waals surface area contributed by atoms with Crippen molar-refractivity contribution in [1.82, 2.24) is 48.2 Å². The van der Waals surface area contributed by atoms with E-state index in [1.54, 1.807) is 0 Å². The lowest BCUT2D eigenvalue weighted by Crippen LogP contribution is -2.01. The zero-order valence-electron chi connectivity index (χ0n) is 62.6. The largest absolute Gasteiger partial charge is 0.309 e. The van der Waals surface area contributed by atoms with Crippen molar-refractivity contribution in [2.75, 3.05) is 0 Å². The fraction of sp³-hybridized carbons (Fsp3) is 0. The number of benzene rings is 18. The summed E-state index contributed by atoms with van der Waals surface area (Å²) in [6.45, 7) is 0. The summed E-state index contributed by atoms with van der Waals surface area (Å²) in [5.41, 5.74) is 19.5. The van der Waals surface area contributed by atoms with E-state index in [1.165, 1.54) is 103 Å². The number of aromatic nitrogens is 10. The first-order valence-corrected chi connectivity index (χ1v) is 39.2. The number of hydrogen-bond acceptors (Lipinski definition) is 6. The van der Waals surface area contributed by atoms with Crippen molar-refractivity contribution in [2.45, 2.75) is 0 Å². The van der Waals surface area contributed by atoms with E-state index in [-0.39, 0.29) is 0 Å². The van der Waals surface area contributed by atoms with Crippen LogP contribution < -0.4 is 0 Å². The van der Waals surface area contributed by atoms with Crippen LogP contribution in [0.5, 0.6) is 0 Å². The topological polar surface area (TPSA) is 97.1 Å². The molecular weight excluding hydrogens is 1410 g/mol. The van der Waals surface area contributed by atoms with Gasteiger partial charge in [-0.25, -0.2) is 29.9 Å². The molecule has 540 valence electrons. The van der Waals surface area contributed by atoms with Crippen molar-refractivity contribution in [1.29, 1.82) is 0 Å². The van der Waals surface area contributed by atoms with Gasteiger partial charge in [0.25, 0.3) is 0 Å². The number of para-hydroxylation sites is 6. The highest BCUT2D eigenvalue weighted by atomic mass is 15.1. The normalized spacial score (nSPS) is 11.8. The lowest BCUT2D eigenvalue weighted by Gasteiger charge is -2.13. The van der Waals surface area contributed by atoms with E-state index in [9.17, 15) is 0 Å². The number of hydrogen-bond donors (Lipinski definition) is 0. The molecule has 10 nitrogen and oxygen atoms in total. The Bertz CT molecular complexity index is 7930. The molecule has 0 spiro atoms. The summed E-state index contributed by atoms with van der Waals surface area (Å²) in [7, 11) is 0. The highest BCUT2D eigenvalue weighted by Gasteiger charge is 2.23. The van der Waals surface area contributed by atoms with Crippen LogP contribution >= 0.6 is 0 Å². The molecule has 0 atom stereocenters. The molecule has 0 saturated heterocycles. The molecule has 0 aliphatic heterocycles. The van der Waals surface area contributed by atoms with E-state index >= 15 is 0 Å². The van der Waals surface area contributed by atoms with Gasteiger partial charge in [0.2, 0.25) is 0 Å². The molecule has 0 aliphatic rings. The summed E-state index contributed by atoms with van der Waals surface area (Å²) in [5.74, 6) is 3.83. The first-order chi connectivity index (χ1) is 57.5. The number of nitrogens with zero attached hydrogens (tertiary/aromatic N) is 10. The minimum absolute atomic E-state index is 0.627. The van der Waals surface area contributed by atoms with Crippen molar-refractivity contribution in [3.8, 4) is 91.1 Å². The molecule has 6 aromatic heterocycles. The van der Waals surface area contributed by atoms with Crippen LogP contribution in [0.25, 0.3) is 221 Å². The average Bonchev–Trinajstić information content (AvgIpc) is 1.43. The van der Waals surface area contributed by atoms with Gasteiger partial charge in [0.1, 0.15) is 0 Å². The minimum atomic E-state index is 0.627. The molecular formula is C106H66N10. The van der Waals surface area contributed by atoms with Crippen molar-refractivity contribution >= 4 is 130 Å². The van der Waals surface area contributed by atoms with Crippen LogP contribution in [0, 0.1) is 0 Å². The summed E-state index contributed by atoms with van der Waals surface area (Å²) >= 11 is 0. The molecule has 24 aromatic rings. The average molecular weight is 1480 g/mol. The van der Waals surface area contributed by atoms with E-state index in [0.717, 1.165) is 83.6 Å². The molecule has 0 aliphatic carbocycles. The lowest BCUT2D eigenvalue weighted by atomic mass is 9.93. The van der Waals surface area contributed by atoms with Gasteiger partial charge in [-0.05, 0) is 177 Å². The minimum Gasteiger partial charge on any atom is -0.309 e. The van der Waals surface area contributed by atoms with E-state index < -0.39 is 0 Å². The molecule has 10 heteroatoms. The summed E-state index contributed by atoms with van der Waals surface area (Å²) in [6.07, 6.45) is 0. The SMILES string of the molecule is c1ccc(-c2nc(-c3ccc(-n4c5ccccc5c5cc(-n6c7ccccc7c7ccccc76)ccc54)cc3)nc(-c3ccc4c5ccccc5c5ccccc5c4c3)n2)cc1.c1ccc(-c2nc(-c3ccc(-n4c5ccccc5c5cc(-n6c7ccccc7c7ccccc76)ccc54)cc3)nc(-c3ccc4ccccc4c3)n2)cc1. The van der Waals surface area contributed by atoms with Gasteiger partial charge in [-0.1, -0.05) is 267 Å². The predicted molar refractivity (Wildman–Crippen MR) is 480 cm³/mol. The predicted octanol–water partition coefficient (Wildman–Crippen LogP) is 26.7. The van der Waals surface area contributed by atoms with E-state index in [4.69, 9.17) is 29.9 Å². The maximum Gasteiger partial charge on any atom is 0.164 e. The summed E-state index contributed by atoms with van der Waals surface area (Å²) in [4.78, 5) is 30.4. The van der Waals surface area contributed by atoms with Gasteiger partial charge in [0.15, 0.2) is 34.9 Å². The molecule has 116 heavy (non-hydrogen) atoms. The van der Waals surface area contributed by atoms with Gasteiger partial charge in [0.05, 0.1) is 44.1 Å². The third-order valence-corrected chi connectivity index (χ3v) is 23.1. The first kappa shape index (κ1) is 66.0. The molecule has 0 amide bonds. The lowest BCUT2D eigenvalue weighted by molar-refractivity contribution is 1.07. The maximum atomic E-state index is 5.19. The van der Waals surface area contributed by atoms with Gasteiger partial charge in [-0.3, -0.25) is 0 Å². The third-order valence-electron chi connectivity index (χ3n) is 23.1. The molecule has 24 rings (SSSR count). The second-order valence-electron chi connectivity index (χ2n) is 29.7. The quantitative estimate of drug-likeness (QED) is 0.127. The fourth-order valence-corrected chi connectivity index (χ4v) is 17.8. The molecule has 6 heterocycles. The Morgan fingerprint density at radius 2 is 0.371 bits per heavy atom. The molecule has 0 unspecified atom stereocenters. The Kier molecular flexibility index (Phi) is 15.4. The van der Waals surface area contributed by atoms with Crippen molar-refractivity contribution in [2.24, 2.45) is 0 Å². The number of rotatable bonds is 10. The van der Waals surface area contributed by atoms with Crippen molar-refractivity contribution in [3.05, 3.63) is 400 Å². The molecule has 0 bridgehead atoms.